The average Bonchev–Trinajstić information content (AvgIpc) is 3.46. The van der Waals surface area contributed by atoms with Gasteiger partial charge in [-0.3, -0.25) is 4.79 Å². The molecule has 140 valence electrons. The monoisotopic (exact) mass is 411 g/mol. The second-order valence-corrected chi connectivity index (χ2v) is 7.76. The number of halogens is 2. The van der Waals surface area contributed by atoms with Crippen LogP contribution in [0.5, 0.6) is 5.75 Å². The zero-order chi connectivity index (χ0) is 19.4. The van der Waals surface area contributed by atoms with E-state index in [1.807, 2.05) is 6.07 Å². The summed E-state index contributed by atoms with van der Waals surface area (Å²) in [6.07, 6.45) is 3.70. The molecule has 0 atom stereocenters. The Labute approximate surface area is 170 Å². The predicted molar refractivity (Wildman–Crippen MR) is 110 cm³/mol. The van der Waals surface area contributed by atoms with Crippen molar-refractivity contribution in [2.75, 3.05) is 0 Å². The maximum atomic E-state index is 13.2. The van der Waals surface area contributed by atoms with Crippen molar-refractivity contribution in [2.45, 2.75) is 18.8 Å². The van der Waals surface area contributed by atoms with Crippen molar-refractivity contribution in [3.05, 3.63) is 74.8 Å². The Bertz CT molecular complexity index is 1290. The number of nitrogens with one attached hydrogen (secondary N) is 1. The van der Waals surface area contributed by atoms with Gasteiger partial charge in [-0.15, -0.1) is 0 Å². The van der Waals surface area contributed by atoms with Crippen molar-refractivity contribution in [1.82, 2.24) is 14.6 Å². The van der Waals surface area contributed by atoms with E-state index in [2.05, 4.69) is 10.1 Å². The second kappa shape index (κ2) is 6.40. The van der Waals surface area contributed by atoms with Gasteiger partial charge in [0.25, 0.3) is 5.56 Å². The molecule has 0 aliphatic heterocycles. The van der Waals surface area contributed by atoms with Gasteiger partial charge in [0.05, 0.1) is 21.3 Å². The number of hydrogen-bond acceptors (Lipinski definition) is 3. The van der Waals surface area contributed by atoms with Gasteiger partial charge in [0.2, 0.25) is 0 Å². The summed E-state index contributed by atoms with van der Waals surface area (Å²) in [4.78, 5) is 16.4. The van der Waals surface area contributed by atoms with Crippen molar-refractivity contribution in [3.8, 4) is 28.0 Å². The van der Waals surface area contributed by atoms with Crippen LogP contribution >= 0.6 is 23.2 Å². The predicted octanol–water partition coefficient (Wildman–Crippen LogP) is 5.25. The molecule has 2 heterocycles. The van der Waals surface area contributed by atoms with E-state index in [-0.39, 0.29) is 11.3 Å². The van der Waals surface area contributed by atoms with Crippen molar-refractivity contribution in [2.24, 2.45) is 0 Å². The van der Waals surface area contributed by atoms with E-state index >= 15 is 0 Å². The molecule has 1 aliphatic carbocycles. The Morgan fingerprint density at radius 1 is 1.07 bits per heavy atom. The number of rotatable bonds is 3. The van der Waals surface area contributed by atoms with Gasteiger partial charge >= 0.3 is 0 Å². The van der Waals surface area contributed by atoms with E-state index in [1.165, 1.54) is 4.52 Å². The number of aromatic amines is 1. The minimum Gasteiger partial charge on any atom is -0.507 e. The fourth-order valence-electron chi connectivity index (χ4n) is 3.50. The van der Waals surface area contributed by atoms with Crippen LogP contribution in [0.15, 0.2) is 53.5 Å². The zero-order valence-electron chi connectivity index (χ0n) is 14.6. The standard InChI is InChI=1S/C21H15Cl2N3O2/c22-15-8-7-12(9-16(15)23)18-19(11-5-6-11)25-26-20(18)24-10-14(21(26)28)13-3-1-2-4-17(13)27/h1-4,7-11,24,27H,5-6H2. The summed E-state index contributed by atoms with van der Waals surface area (Å²) in [7, 11) is 0. The van der Waals surface area contributed by atoms with E-state index in [4.69, 9.17) is 23.2 Å². The highest BCUT2D eigenvalue weighted by molar-refractivity contribution is 6.42. The Kier molecular flexibility index (Phi) is 3.96. The molecule has 5 rings (SSSR count). The lowest BCUT2D eigenvalue weighted by molar-refractivity contribution is 0.477. The summed E-state index contributed by atoms with van der Waals surface area (Å²) in [6.45, 7) is 0. The van der Waals surface area contributed by atoms with Crippen molar-refractivity contribution in [1.29, 1.82) is 0 Å². The average molecular weight is 412 g/mol. The number of hydrogen-bond donors (Lipinski definition) is 2. The molecule has 0 spiro atoms. The Balaban J connectivity index is 1.79. The van der Waals surface area contributed by atoms with E-state index in [1.54, 1.807) is 42.6 Å². The van der Waals surface area contributed by atoms with Crippen LogP contribution in [0.4, 0.5) is 0 Å². The van der Waals surface area contributed by atoms with Gasteiger partial charge in [0, 0.05) is 23.2 Å². The van der Waals surface area contributed by atoms with E-state index < -0.39 is 0 Å². The number of fused-ring (bicyclic) bond motifs is 1. The number of aromatic nitrogens is 3. The van der Waals surface area contributed by atoms with E-state index in [0.717, 1.165) is 29.7 Å². The summed E-state index contributed by atoms with van der Waals surface area (Å²) >= 11 is 12.3. The van der Waals surface area contributed by atoms with E-state index in [9.17, 15) is 9.90 Å². The van der Waals surface area contributed by atoms with Crippen LogP contribution in [0.1, 0.15) is 24.5 Å². The molecule has 1 fully saturated rings. The molecule has 2 N–H and O–H groups in total. The SMILES string of the molecule is O=c1c(-c2ccccc2O)c[nH]c2c(-c3ccc(Cl)c(Cl)c3)c(C3CC3)nn12. The molecule has 0 amide bonds. The highest BCUT2D eigenvalue weighted by atomic mass is 35.5. The molecule has 28 heavy (non-hydrogen) atoms. The van der Waals surface area contributed by atoms with Crippen molar-refractivity contribution in [3.63, 3.8) is 0 Å². The highest BCUT2D eigenvalue weighted by Crippen LogP contribution is 2.45. The minimum atomic E-state index is -0.288. The fourth-order valence-corrected chi connectivity index (χ4v) is 3.80. The number of H-pyrrole nitrogens is 1. The number of benzene rings is 2. The molecule has 2 aromatic carbocycles. The van der Waals surface area contributed by atoms with Crippen molar-refractivity contribution < 1.29 is 5.11 Å². The van der Waals surface area contributed by atoms with Crippen LogP contribution in [0.3, 0.4) is 0 Å². The lowest BCUT2D eigenvalue weighted by Gasteiger charge is -2.06. The number of nitrogens with zero attached hydrogens (tertiary/aromatic N) is 2. The Hall–Kier alpha value is -2.76. The normalized spacial score (nSPS) is 13.9. The molecule has 1 aliphatic rings. The molecule has 0 radical (unpaired) electrons. The third kappa shape index (κ3) is 2.70. The second-order valence-electron chi connectivity index (χ2n) is 6.95. The Morgan fingerprint density at radius 3 is 2.57 bits per heavy atom. The molecular formula is C21H15Cl2N3O2. The van der Waals surface area contributed by atoms with Crippen LogP contribution in [-0.2, 0) is 0 Å². The van der Waals surface area contributed by atoms with Crippen LogP contribution in [0.2, 0.25) is 10.0 Å². The molecule has 2 aromatic heterocycles. The molecule has 0 unspecified atom stereocenters. The Morgan fingerprint density at radius 2 is 1.86 bits per heavy atom. The van der Waals surface area contributed by atoms with Crippen LogP contribution in [0.25, 0.3) is 27.9 Å². The number of phenols is 1. The zero-order valence-corrected chi connectivity index (χ0v) is 16.1. The summed E-state index contributed by atoms with van der Waals surface area (Å²) in [5.41, 5.74) is 3.73. The lowest BCUT2D eigenvalue weighted by Crippen LogP contribution is -2.17. The lowest BCUT2D eigenvalue weighted by atomic mass is 10.0. The number of para-hydroxylation sites is 1. The fraction of sp³-hybridized carbons (Fsp3) is 0.143. The van der Waals surface area contributed by atoms with Gasteiger partial charge in [-0.2, -0.15) is 9.61 Å². The third-order valence-electron chi connectivity index (χ3n) is 5.06. The van der Waals surface area contributed by atoms with Crippen LogP contribution < -0.4 is 5.56 Å². The van der Waals surface area contributed by atoms with Gasteiger partial charge in [0.15, 0.2) is 0 Å². The first-order chi connectivity index (χ1) is 13.5. The number of aromatic hydroxyl groups is 1. The smallest absolute Gasteiger partial charge is 0.282 e. The minimum absolute atomic E-state index is 0.0478. The summed E-state index contributed by atoms with van der Waals surface area (Å²) in [6, 6.07) is 12.2. The van der Waals surface area contributed by atoms with E-state index in [0.29, 0.717) is 32.7 Å². The first-order valence-corrected chi connectivity index (χ1v) is 9.68. The van der Waals surface area contributed by atoms with Crippen molar-refractivity contribution >= 4 is 28.8 Å². The summed E-state index contributed by atoms with van der Waals surface area (Å²) in [5.74, 6) is 0.373. The molecular weight excluding hydrogens is 397 g/mol. The third-order valence-corrected chi connectivity index (χ3v) is 5.79. The first-order valence-electron chi connectivity index (χ1n) is 8.92. The highest BCUT2D eigenvalue weighted by Gasteiger charge is 2.32. The largest absolute Gasteiger partial charge is 0.507 e. The van der Waals surface area contributed by atoms with Gasteiger partial charge in [-0.25, -0.2) is 0 Å². The topological polar surface area (TPSA) is 70.4 Å². The molecule has 5 nitrogen and oxygen atoms in total. The molecule has 7 heteroatoms. The van der Waals surface area contributed by atoms with Gasteiger partial charge in [0.1, 0.15) is 11.4 Å². The van der Waals surface area contributed by atoms with Crippen LogP contribution in [-0.4, -0.2) is 19.7 Å². The van der Waals surface area contributed by atoms with Gasteiger partial charge in [-0.1, -0.05) is 47.5 Å². The molecule has 1 saturated carbocycles. The van der Waals surface area contributed by atoms with Gasteiger partial charge in [-0.05, 0) is 36.6 Å². The quantitative estimate of drug-likeness (QED) is 0.483. The maximum absolute atomic E-state index is 13.2. The van der Waals surface area contributed by atoms with Gasteiger partial charge < -0.3 is 10.1 Å². The molecule has 0 bridgehead atoms. The number of phenolic OH excluding ortho intramolecular Hbond substituents is 1. The molecule has 4 aromatic rings. The van der Waals surface area contributed by atoms with Crippen LogP contribution in [0, 0.1) is 0 Å². The summed E-state index contributed by atoms with van der Waals surface area (Å²) < 4.78 is 1.38. The summed E-state index contributed by atoms with van der Waals surface area (Å²) in [5, 5.41) is 15.7. The maximum Gasteiger partial charge on any atom is 0.282 e. The molecule has 0 saturated heterocycles. The first kappa shape index (κ1) is 17.3.